The first-order valence-electron chi connectivity index (χ1n) is 13.4. The first kappa shape index (κ1) is 25.1. The van der Waals surface area contributed by atoms with Crippen LogP contribution in [-0.4, -0.2) is 51.1 Å². The van der Waals surface area contributed by atoms with Crippen molar-refractivity contribution in [2.24, 2.45) is 9.98 Å². The Morgan fingerprint density at radius 3 is 1.43 bits per heavy atom. The van der Waals surface area contributed by atoms with E-state index in [-0.39, 0.29) is 0 Å². The second-order valence-electron chi connectivity index (χ2n) is 9.24. The molecule has 2 heterocycles. The second-order valence-corrected chi connectivity index (χ2v) is 9.24. The standard InChI is InChI=1S/C29H40N4O2/c1(2-8-22-34-26-14-10-24(11-15-26)28-30-18-4-5-19-31-28)3-9-23-35-27-16-12-25(13-17-27)29-32-20-6-7-21-33-29/h10-17H,1-9,18-23H2,(H,30,31)(H,32,33). The molecule has 0 spiro atoms. The highest BCUT2D eigenvalue weighted by Gasteiger charge is 2.07. The van der Waals surface area contributed by atoms with E-state index in [0.717, 1.165) is 99.4 Å². The quantitative estimate of drug-likeness (QED) is 0.405. The Kier molecular flexibility index (Phi) is 10.3. The van der Waals surface area contributed by atoms with E-state index in [9.17, 15) is 0 Å². The lowest BCUT2D eigenvalue weighted by Crippen LogP contribution is -2.24. The van der Waals surface area contributed by atoms with E-state index in [0.29, 0.717) is 0 Å². The fourth-order valence-electron chi connectivity index (χ4n) is 4.30. The first-order chi connectivity index (χ1) is 17.4. The summed E-state index contributed by atoms with van der Waals surface area (Å²) in [5.74, 6) is 3.89. The van der Waals surface area contributed by atoms with Gasteiger partial charge >= 0.3 is 0 Å². The number of hydrogen-bond acceptors (Lipinski definition) is 6. The molecule has 2 aromatic carbocycles. The van der Waals surface area contributed by atoms with Gasteiger partial charge in [-0.15, -0.1) is 0 Å². The van der Waals surface area contributed by atoms with Crippen LogP contribution >= 0.6 is 0 Å². The Hall–Kier alpha value is -3.02. The van der Waals surface area contributed by atoms with Crippen molar-refractivity contribution in [2.45, 2.75) is 57.8 Å². The third-order valence-electron chi connectivity index (χ3n) is 6.38. The van der Waals surface area contributed by atoms with Gasteiger partial charge in [0.05, 0.1) is 13.2 Å². The van der Waals surface area contributed by atoms with Crippen molar-refractivity contribution < 1.29 is 9.47 Å². The largest absolute Gasteiger partial charge is 0.494 e. The van der Waals surface area contributed by atoms with Crippen molar-refractivity contribution in [2.75, 3.05) is 39.4 Å². The molecule has 188 valence electrons. The molecule has 0 unspecified atom stereocenters. The van der Waals surface area contributed by atoms with Crippen LogP contribution in [0.4, 0.5) is 0 Å². The second kappa shape index (κ2) is 14.4. The van der Waals surface area contributed by atoms with Gasteiger partial charge in [0, 0.05) is 37.3 Å². The molecule has 0 atom stereocenters. The summed E-state index contributed by atoms with van der Waals surface area (Å²) in [4.78, 5) is 9.26. The van der Waals surface area contributed by atoms with Crippen LogP contribution in [-0.2, 0) is 0 Å². The third kappa shape index (κ3) is 8.61. The van der Waals surface area contributed by atoms with Gasteiger partial charge in [0.1, 0.15) is 23.2 Å². The molecule has 0 radical (unpaired) electrons. The highest BCUT2D eigenvalue weighted by atomic mass is 16.5. The van der Waals surface area contributed by atoms with Gasteiger partial charge in [-0.1, -0.05) is 19.3 Å². The Morgan fingerprint density at radius 1 is 0.543 bits per heavy atom. The number of ether oxygens (including phenoxy) is 2. The molecule has 35 heavy (non-hydrogen) atoms. The Morgan fingerprint density at radius 2 is 0.971 bits per heavy atom. The van der Waals surface area contributed by atoms with Crippen molar-refractivity contribution >= 4 is 11.7 Å². The monoisotopic (exact) mass is 476 g/mol. The molecule has 4 rings (SSSR count). The van der Waals surface area contributed by atoms with Crippen LogP contribution in [0.2, 0.25) is 0 Å². The van der Waals surface area contributed by atoms with Crippen molar-refractivity contribution in [3.05, 3.63) is 59.7 Å². The van der Waals surface area contributed by atoms with Gasteiger partial charge in [-0.05, 0) is 87.1 Å². The Bertz CT molecular complexity index is 861. The van der Waals surface area contributed by atoms with E-state index in [2.05, 4.69) is 69.1 Å². The highest BCUT2D eigenvalue weighted by molar-refractivity contribution is 5.99. The number of unbranched alkanes of at least 4 members (excludes halogenated alkanes) is 4. The van der Waals surface area contributed by atoms with Crippen molar-refractivity contribution in [1.82, 2.24) is 10.6 Å². The maximum Gasteiger partial charge on any atom is 0.128 e. The molecule has 0 saturated heterocycles. The Labute approximate surface area is 210 Å². The molecule has 6 heteroatoms. The average molecular weight is 477 g/mol. The molecule has 0 aliphatic carbocycles. The fourth-order valence-corrected chi connectivity index (χ4v) is 4.30. The molecule has 0 amide bonds. The van der Waals surface area contributed by atoms with Crippen LogP contribution in [0.3, 0.4) is 0 Å². The van der Waals surface area contributed by atoms with Gasteiger partial charge in [-0.3, -0.25) is 9.98 Å². The van der Waals surface area contributed by atoms with Crippen LogP contribution in [0.25, 0.3) is 0 Å². The SMILES string of the molecule is c1cc(C2=NCCCCN2)ccc1OCCCCCCCOc1ccc(C2=NCCCCN2)cc1. The molecule has 0 fully saturated rings. The molecule has 0 saturated carbocycles. The number of amidine groups is 2. The van der Waals surface area contributed by atoms with Crippen molar-refractivity contribution in [3.8, 4) is 11.5 Å². The van der Waals surface area contributed by atoms with Crippen molar-refractivity contribution in [1.29, 1.82) is 0 Å². The van der Waals surface area contributed by atoms with E-state index < -0.39 is 0 Å². The predicted octanol–water partition coefficient (Wildman–Crippen LogP) is 5.35. The van der Waals surface area contributed by atoms with E-state index in [1.165, 1.54) is 32.1 Å². The molecule has 2 N–H and O–H groups in total. The fraction of sp³-hybridized carbons (Fsp3) is 0.517. The molecule has 2 aliphatic rings. The minimum atomic E-state index is 0.765. The summed E-state index contributed by atoms with van der Waals surface area (Å²) in [5.41, 5.74) is 2.28. The van der Waals surface area contributed by atoms with E-state index in [1.54, 1.807) is 0 Å². The minimum absolute atomic E-state index is 0.765. The number of rotatable bonds is 12. The van der Waals surface area contributed by atoms with Crippen LogP contribution in [0, 0.1) is 0 Å². The zero-order valence-corrected chi connectivity index (χ0v) is 20.9. The molecule has 0 aromatic heterocycles. The normalized spacial score (nSPS) is 16.1. The topological polar surface area (TPSA) is 67.2 Å². The van der Waals surface area contributed by atoms with E-state index in [1.807, 2.05) is 0 Å². The molecule has 2 aliphatic heterocycles. The summed E-state index contributed by atoms with van der Waals surface area (Å²) in [5, 5.41) is 6.83. The lowest BCUT2D eigenvalue weighted by atomic mass is 10.1. The summed E-state index contributed by atoms with van der Waals surface area (Å²) in [6, 6.07) is 16.6. The summed E-state index contributed by atoms with van der Waals surface area (Å²) in [6.07, 6.45) is 10.4. The van der Waals surface area contributed by atoms with Crippen LogP contribution in [0.1, 0.15) is 68.9 Å². The lowest BCUT2D eigenvalue weighted by molar-refractivity contribution is 0.293. The van der Waals surface area contributed by atoms with Gasteiger partial charge in [-0.2, -0.15) is 0 Å². The number of nitrogens with one attached hydrogen (secondary N) is 2. The van der Waals surface area contributed by atoms with Crippen LogP contribution in [0.5, 0.6) is 11.5 Å². The summed E-state index contributed by atoms with van der Waals surface area (Å²) >= 11 is 0. The van der Waals surface area contributed by atoms with Gasteiger partial charge in [0.15, 0.2) is 0 Å². The lowest BCUT2D eigenvalue weighted by Gasteiger charge is -2.10. The number of benzene rings is 2. The zero-order chi connectivity index (χ0) is 24.0. The number of aliphatic imine (C=N–C) groups is 2. The first-order valence-corrected chi connectivity index (χ1v) is 13.4. The summed E-state index contributed by atoms with van der Waals surface area (Å²) < 4.78 is 11.8. The van der Waals surface area contributed by atoms with Gasteiger partial charge < -0.3 is 20.1 Å². The number of nitrogens with zero attached hydrogens (tertiary/aromatic N) is 2. The van der Waals surface area contributed by atoms with E-state index in [4.69, 9.17) is 9.47 Å². The smallest absolute Gasteiger partial charge is 0.128 e. The van der Waals surface area contributed by atoms with Crippen LogP contribution < -0.4 is 20.1 Å². The molecule has 0 bridgehead atoms. The maximum atomic E-state index is 5.92. The summed E-state index contributed by atoms with van der Waals surface area (Å²) in [6.45, 7) is 5.36. The number of hydrogen-bond donors (Lipinski definition) is 2. The van der Waals surface area contributed by atoms with Crippen molar-refractivity contribution in [3.63, 3.8) is 0 Å². The predicted molar refractivity (Wildman–Crippen MR) is 144 cm³/mol. The molecular formula is C29H40N4O2. The third-order valence-corrected chi connectivity index (χ3v) is 6.38. The zero-order valence-electron chi connectivity index (χ0n) is 20.9. The van der Waals surface area contributed by atoms with E-state index >= 15 is 0 Å². The molecule has 2 aromatic rings. The van der Waals surface area contributed by atoms with Gasteiger partial charge in [0.25, 0.3) is 0 Å². The Balaban J connectivity index is 1.03. The average Bonchev–Trinajstić information content (AvgIpc) is 3.34. The van der Waals surface area contributed by atoms with Crippen LogP contribution in [0.15, 0.2) is 58.5 Å². The van der Waals surface area contributed by atoms with Gasteiger partial charge in [0.2, 0.25) is 0 Å². The maximum absolute atomic E-state index is 5.92. The minimum Gasteiger partial charge on any atom is -0.494 e. The molecule has 6 nitrogen and oxygen atoms in total. The highest BCUT2D eigenvalue weighted by Crippen LogP contribution is 2.16. The summed E-state index contributed by atoms with van der Waals surface area (Å²) in [7, 11) is 0. The van der Waals surface area contributed by atoms with Gasteiger partial charge in [-0.25, -0.2) is 0 Å². The molecular weight excluding hydrogens is 436 g/mol.